The zero-order valence-electron chi connectivity index (χ0n) is 10.6. The van der Waals surface area contributed by atoms with Crippen molar-refractivity contribution in [2.24, 2.45) is 7.05 Å². The number of nitrogens with zero attached hydrogens (tertiary/aromatic N) is 3. The third-order valence-electron chi connectivity index (χ3n) is 2.73. The number of aromatic nitrogens is 3. The maximum Gasteiger partial charge on any atom is 0.163 e. The van der Waals surface area contributed by atoms with Crippen molar-refractivity contribution >= 4 is 28.6 Å². The molecule has 0 aliphatic heterocycles. The highest BCUT2D eigenvalue weighted by molar-refractivity contribution is 14.1. The fraction of sp³-hybridized carbons (Fsp3) is 0.333. The molecule has 0 unspecified atom stereocenters. The molecule has 0 saturated heterocycles. The monoisotopic (exact) mass is 358 g/mol. The van der Waals surface area contributed by atoms with Crippen LogP contribution in [0.1, 0.15) is 12.7 Å². The molecule has 96 valence electrons. The first-order valence-electron chi connectivity index (χ1n) is 5.67. The van der Waals surface area contributed by atoms with Gasteiger partial charge in [-0.05, 0) is 32.0 Å². The Morgan fingerprint density at radius 3 is 2.72 bits per heavy atom. The molecule has 18 heavy (non-hydrogen) atoms. The van der Waals surface area contributed by atoms with Crippen LogP contribution < -0.4 is 8.27 Å². The topological polar surface area (TPSA) is 52.0 Å². The summed E-state index contributed by atoms with van der Waals surface area (Å²) in [4.78, 5) is 0. The summed E-state index contributed by atoms with van der Waals surface area (Å²) in [5.41, 5.74) is 1.96. The SMILES string of the molecule is CCOc1cc(-c2nnc(C)n2C)ccc1NI. The average molecular weight is 358 g/mol. The number of benzene rings is 1. The predicted molar refractivity (Wildman–Crippen MR) is 80.0 cm³/mol. The molecule has 1 N–H and O–H groups in total. The van der Waals surface area contributed by atoms with Gasteiger partial charge in [-0.3, -0.25) is 0 Å². The zero-order chi connectivity index (χ0) is 13.1. The van der Waals surface area contributed by atoms with Crippen molar-refractivity contribution in [2.75, 3.05) is 10.1 Å². The molecule has 0 radical (unpaired) electrons. The van der Waals surface area contributed by atoms with Crippen LogP contribution in [0.25, 0.3) is 11.4 Å². The van der Waals surface area contributed by atoms with Gasteiger partial charge in [-0.25, -0.2) is 0 Å². The van der Waals surface area contributed by atoms with Crippen LogP contribution in [0.5, 0.6) is 5.75 Å². The van der Waals surface area contributed by atoms with E-state index in [0.29, 0.717) is 6.61 Å². The third kappa shape index (κ3) is 2.43. The molecule has 0 fully saturated rings. The minimum absolute atomic E-state index is 0.632. The van der Waals surface area contributed by atoms with E-state index in [9.17, 15) is 0 Å². The summed E-state index contributed by atoms with van der Waals surface area (Å²) in [6.07, 6.45) is 0. The lowest BCUT2D eigenvalue weighted by Crippen LogP contribution is -1.98. The Morgan fingerprint density at radius 1 is 1.39 bits per heavy atom. The fourth-order valence-corrected chi connectivity index (χ4v) is 2.12. The van der Waals surface area contributed by atoms with Crippen LogP contribution in [-0.2, 0) is 7.05 Å². The van der Waals surface area contributed by atoms with Gasteiger partial charge in [0.15, 0.2) is 5.82 Å². The molecule has 0 saturated carbocycles. The summed E-state index contributed by atoms with van der Waals surface area (Å²) in [7, 11) is 1.95. The van der Waals surface area contributed by atoms with E-state index in [-0.39, 0.29) is 0 Å². The number of anilines is 1. The van der Waals surface area contributed by atoms with Crippen molar-refractivity contribution in [3.8, 4) is 17.1 Å². The lowest BCUT2D eigenvalue weighted by Gasteiger charge is -2.10. The van der Waals surface area contributed by atoms with E-state index < -0.39 is 0 Å². The van der Waals surface area contributed by atoms with E-state index in [1.54, 1.807) is 0 Å². The van der Waals surface area contributed by atoms with Gasteiger partial charge in [-0.1, -0.05) is 0 Å². The molecule has 1 heterocycles. The molecule has 0 atom stereocenters. The summed E-state index contributed by atoms with van der Waals surface area (Å²) in [6, 6.07) is 5.97. The molecule has 0 amide bonds. The van der Waals surface area contributed by atoms with Crippen LogP contribution in [0, 0.1) is 6.92 Å². The summed E-state index contributed by atoms with van der Waals surface area (Å²) >= 11 is 2.09. The van der Waals surface area contributed by atoms with Gasteiger partial charge in [0.25, 0.3) is 0 Å². The second-order valence-electron chi connectivity index (χ2n) is 3.87. The molecule has 0 spiro atoms. The highest BCUT2D eigenvalue weighted by Gasteiger charge is 2.11. The molecule has 0 aliphatic carbocycles. The van der Waals surface area contributed by atoms with Crippen molar-refractivity contribution in [1.29, 1.82) is 0 Å². The number of rotatable bonds is 4. The van der Waals surface area contributed by atoms with Crippen LogP contribution in [0.15, 0.2) is 18.2 Å². The van der Waals surface area contributed by atoms with Gasteiger partial charge in [-0.2, -0.15) is 0 Å². The van der Waals surface area contributed by atoms with Gasteiger partial charge in [0.2, 0.25) is 0 Å². The Kier molecular flexibility index (Phi) is 4.05. The standard InChI is InChI=1S/C12H15IN4O/c1-4-18-11-7-9(5-6-10(11)14-13)12-16-15-8(2)17(12)3/h5-7,14H,4H2,1-3H3. The Hall–Kier alpha value is -1.31. The molecule has 1 aromatic carbocycles. The minimum atomic E-state index is 0.632. The number of halogens is 1. The number of nitrogens with one attached hydrogen (secondary N) is 1. The maximum atomic E-state index is 5.61. The number of hydrogen-bond acceptors (Lipinski definition) is 4. The Balaban J connectivity index is 2.46. The van der Waals surface area contributed by atoms with Crippen molar-refractivity contribution in [3.05, 3.63) is 24.0 Å². The molecule has 6 heteroatoms. The van der Waals surface area contributed by atoms with E-state index in [1.807, 2.05) is 43.7 Å². The number of aryl methyl sites for hydroxylation is 1. The van der Waals surface area contributed by atoms with E-state index in [2.05, 4.69) is 36.6 Å². The quantitative estimate of drug-likeness (QED) is 0.675. The summed E-state index contributed by atoms with van der Waals surface area (Å²) in [5.74, 6) is 2.55. The summed E-state index contributed by atoms with van der Waals surface area (Å²) in [6.45, 7) is 4.53. The van der Waals surface area contributed by atoms with E-state index in [4.69, 9.17) is 4.74 Å². The normalized spacial score (nSPS) is 10.4. The molecule has 5 nitrogen and oxygen atoms in total. The highest BCUT2D eigenvalue weighted by Crippen LogP contribution is 2.31. The van der Waals surface area contributed by atoms with Crippen LogP contribution in [0.4, 0.5) is 5.69 Å². The van der Waals surface area contributed by atoms with Gasteiger partial charge in [-0.15, -0.1) is 10.2 Å². The van der Waals surface area contributed by atoms with Gasteiger partial charge >= 0.3 is 0 Å². The van der Waals surface area contributed by atoms with Gasteiger partial charge < -0.3 is 12.8 Å². The fourth-order valence-electron chi connectivity index (χ4n) is 1.67. The Morgan fingerprint density at radius 2 is 2.17 bits per heavy atom. The average Bonchev–Trinajstić information content (AvgIpc) is 2.70. The number of ether oxygens (including phenoxy) is 1. The Labute approximate surface area is 120 Å². The second kappa shape index (κ2) is 5.55. The molecule has 0 bridgehead atoms. The van der Waals surface area contributed by atoms with E-state index >= 15 is 0 Å². The van der Waals surface area contributed by atoms with Gasteiger partial charge in [0.05, 0.1) is 35.2 Å². The molecule has 2 rings (SSSR count). The van der Waals surface area contributed by atoms with Crippen molar-refractivity contribution in [3.63, 3.8) is 0 Å². The Bertz CT molecular complexity index is 553. The second-order valence-corrected chi connectivity index (χ2v) is 4.41. The maximum absolute atomic E-state index is 5.61. The smallest absolute Gasteiger partial charge is 0.163 e. The summed E-state index contributed by atoms with van der Waals surface area (Å²) < 4.78 is 10.7. The minimum Gasteiger partial charge on any atom is -0.492 e. The van der Waals surface area contributed by atoms with Crippen molar-refractivity contribution in [2.45, 2.75) is 13.8 Å². The third-order valence-corrected chi connectivity index (χ3v) is 3.32. The first kappa shape index (κ1) is 13.1. The van der Waals surface area contributed by atoms with Crippen molar-refractivity contribution in [1.82, 2.24) is 14.8 Å². The van der Waals surface area contributed by atoms with E-state index in [1.165, 1.54) is 0 Å². The van der Waals surface area contributed by atoms with Crippen molar-refractivity contribution < 1.29 is 4.74 Å². The molecule has 2 aromatic rings. The first-order chi connectivity index (χ1) is 8.67. The highest BCUT2D eigenvalue weighted by atomic mass is 127. The zero-order valence-corrected chi connectivity index (χ0v) is 12.7. The van der Waals surface area contributed by atoms with Crippen LogP contribution in [0.2, 0.25) is 0 Å². The summed E-state index contributed by atoms with van der Waals surface area (Å²) in [5, 5.41) is 8.24. The first-order valence-corrected chi connectivity index (χ1v) is 6.75. The molecular formula is C12H15IN4O. The number of hydrogen-bond donors (Lipinski definition) is 1. The molecule has 0 aliphatic rings. The van der Waals surface area contributed by atoms with Crippen LogP contribution >= 0.6 is 22.9 Å². The lowest BCUT2D eigenvalue weighted by atomic mass is 10.2. The largest absolute Gasteiger partial charge is 0.492 e. The van der Waals surface area contributed by atoms with Gasteiger partial charge in [0.1, 0.15) is 11.6 Å². The van der Waals surface area contributed by atoms with Crippen LogP contribution in [0.3, 0.4) is 0 Å². The predicted octanol–water partition coefficient (Wildman–Crippen LogP) is 2.95. The lowest BCUT2D eigenvalue weighted by molar-refractivity contribution is 0.342. The molecule has 1 aromatic heterocycles. The van der Waals surface area contributed by atoms with Crippen LogP contribution in [-0.4, -0.2) is 21.4 Å². The molecular weight excluding hydrogens is 343 g/mol. The van der Waals surface area contributed by atoms with E-state index in [0.717, 1.165) is 28.6 Å². The van der Waals surface area contributed by atoms with Gasteiger partial charge in [0, 0.05) is 12.6 Å².